The summed E-state index contributed by atoms with van der Waals surface area (Å²) in [7, 11) is 0. The molecule has 0 amide bonds. The van der Waals surface area contributed by atoms with Gasteiger partial charge in [0.05, 0.1) is 12.7 Å². The van der Waals surface area contributed by atoms with Crippen LogP contribution in [0.25, 0.3) is 10.9 Å². The summed E-state index contributed by atoms with van der Waals surface area (Å²) < 4.78 is 5.52. The molecular formula is C14H17NO2. The zero-order valence-corrected chi connectivity index (χ0v) is 9.99. The first kappa shape index (κ1) is 10.7. The van der Waals surface area contributed by atoms with E-state index >= 15 is 0 Å². The first-order valence-corrected chi connectivity index (χ1v) is 6.22. The van der Waals surface area contributed by atoms with E-state index in [1.807, 2.05) is 13.0 Å². The van der Waals surface area contributed by atoms with Crippen molar-refractivity contribution in [3.8, 4) is 5.75 Å². The molecule has 2 aromatic rings. The molecule has 3 nitrogen and oxygen atoms in total. The van der Waals surface area contributed by atoms with Crippen molar-refractivity contribution in [1.82, 2.24) is 4.98 Å². The minimum Gasteiger partial charge on any atom is -0.494 e. The van der Waals surface area contributed by atoms with E-state index in [1.165, 1.54) is 16.6 Å². The predicted molar refractivity (Wildman–Crippen MR) is 67.5 cm³/mol. The molecule has 0 saturated carbocycles. The lowest BCUT2D eigenvalue weighted by Gasteiger charge is -2.17. The maximum Gasteiger partial charge on any atom is 0.120 e. The van der Waals surface area contributed by atoms with Crippen molar-refractivity contribution >= 4 is 10.9 Å². The molecule has 90 valence electrons. The molecule has 1 unspecified atom stereocenters. The number of hydrogen-bond donors (Lipinski definition) is 2. The van der Waals surface area contributed by atoms with Gasteiger partial charge in [-0.15, -0.1) is 0 Å². The van der Waals surface area contributed by atoms with Crippen molar-refractivity contribution in [2.75, 3.05) is 6.61 Å². The van der Waals surface area contributed by atoms with Gasteiger partial charge in [0, 0.05) is 23.0 Å². The van der Waals surface area contributed by atoms with Gasteiger partial charge in [0.25, 0.3) is 0 Å². The summed E-state index contributed by atoms with van der Waals surface area (Å²) in [6, 6.07) is 6.13. The Hall–Kier alpha value is -1.48. The number of rotatable bonds is 2. The number of aliphatic hydroxyl groups is 1. The average Bonchev–Trinajstić information content (AvgIpc) is 2.67. The van der Waals surface area contributed by atoms with Crippen molar-refractivity contribution in [3.63, 3.8) is 0 Å². The highest BCUT2D eigenvalue weighted by atomic mass is 16.5. The summed E-state index contributed by atoms with van der Waals surface area (Å²) in [6.07, 6.45) is 2.36. The van der Waals surface area contributed by atoms with Gasteiger partial charge in [0.15, 0.2) is 0 Å². The first-order valence-electron chi connectivity index (χ1n) is 6.22. The van der Waals surface area contributed by atoms with Crippen LogP contribution in [0.1, 0.15) is 24.6 Å². The predicted octanol–water partition coefficient (Wildman–Crippen LogP) is 2.42. The van der Waals surface area contributed by atoms with Crippen LogP contribution >= 0.6 is 0 Å². The molecule has 2 N–H and O–H groups in total. The smallest absolute Gasteiger partial charge is 0.120 e. The zero-order valence-electron chi connectivity index (χ0n) is 9.99. The van der Waals surface area contributed by atoms with Crippen molar-refractivity contribution < 1.29 is 9.84 Å². The fraction of sp³-hybridized carbons (Fsp3) is 0.429. The van der Waals surface area contributed by atoms with Gasteiger partial charge >= 0.3 is 0 Å². The van der Waals surface area contributed by atoms with E-state index in [1.54, 1.807) is 0 Å². The maximum absolute atomic E-state index is 9.76. The van der Waals surface area contributed by atoms with Gasteiger partial charge in [-0.2, -0.15) is 0 Å². The van der Waals surface area contributed by atoms with Crippen LogP contribution in [0.4, 0.5) is 0 Å². The lowest BCUT2D eigenvalue weighted by atomic mass is 9.93. The van der Waals surface area contributed by atoms with Crippen molar-refractivity contribution in [1.29, 1.82) is 0 Å². The lowest BCUT2D eigenvalue weighted by Crippen LogP contribution is -2.17. The van der Waals surface area contributed by atoms with Gasteiger partial charge in [-0.05, 0) is 43.5 Å². The normalized spacial score (nSPS) is 19.3. The minimum atomic E-state index is -0.197. The van der Waals surface area contributed by atoms with Gasteiger partial charge in [-0.1, -0.05) is 0 Å². The zero-order chi connectivity index (χ0) is 11.8. The molecule has 0 radical (unpaired) electrons. The molecule has 1 aliphatic carbocycles. The van der Waals surface area contributed by atoms with Crippen LogP contribution in [0.5, 0.6) is 5.75 Å². The Bertz CT molecular complexity index is 544. The number of aromatic amines is 1. The van der Waals surface area contributed by atoms with Crippen molar-refractivity contribution in [3.05, 3.63) is 29.5 Å². The molecule has 1 aliphatic rings. The molecule has 0 aliphatic heterocycles. The van der Waals surface area contributed by atoms with E-state index in [4.69, 9.17) is 4.74 Å². The number of nitrogens with one attached hydrogen (secondary N) is 1. The second-order valence-electron chi connectivity index (χ2n) is 4.62. The lowest BCUT2D eigenvalue weighted by molar-refractivity contribution is 0.158. The van der Waals surface area contributed by atoms with Crippen LogP contribution in [0.2, 0.25) is 0 Å². The quantitative estimate of drug-likeness (QED) is 0.833. The number of hydrogen-bond acceptors (Lipinski definition) is 2. The second kappa shape index (κ2) is 4.08. The highest BCUT2D eigenvalue weighted by Crippen LogP contribution is 2.31. The Kier molecular flexibility index (Phi) is 2.56. The van der Waals surface area contributed by atoms with Crippen LogP contribution in [0, 0.1) is 0 Å². The summed E-state index contributed by atoms with van der Waals surface area (Å²) in [5.74, 6) is 0.905. The summed E-state index contributed by atoms with van der Waals surface area (Å²) in [5.41, 5.74) is 3.69. The SMILES string of the molecule is CCOc1ccc2[nH]c3c(c2c1)CC(O)CC3. The number of aliphatic hydroxyl groups excluding tert-OH is 1. The Morgan fingerprint density at radius 2 is 2.35 bits per heavy atom. The fourth-order valence-electron chi connectivity index (χ4n) is 2.63. The van der Waals surface area contributed by atoms with E-state index in [-0.39, 0.29) is 6.10 Å². The Morgan fingerprint density at radius 1 is 1.47 bits per heavy atom. The van der Waals surface area contributed by atoms with Gasteiger partial charge in [-0.25, -0.2) is 0 Å². The average molecular weight is 231 g/mol. The molecule has 17 heavy (non-hydrogen) atoms. The van der Waals surface area contributed by atoms with E-state index < -0.39 is 0 Å². The second-order valence-corrected chi connectivity index (χ2v) is 4.62. The molecule has 0 bridgehead atoms. The molecule has 1 atom stereocenters. The number of aromatic nitrogens is 1. The van der Waals surface area contributed by atoms with Gasteiger partial charge in [0.2, 0.25) is 0 Å². The highest BCUT2D eigenvalue weighted by Gasteiger charge is 2.20. The third-order valence-corrected chi connectivity index (χ3v) is 3.44. The number of ether oxygens (including phenoxy) is 1. The van der Waals surface area contributed by atoms with Crippen LogP contribution < -0.4 is 4.74 Å². The summed E-state index contributed by atoms with van der Waals surface area (Å²) in [5, 5.41) is 11.0. The minimum absolute atomic E-state index is 0.197. The highest BCUT2D eigenvalue weighted by molar-refractivity contribution is 5.86. The summed E-state index contributed by atoms with van der Waals surface area (Å²) in [4.78, 5) is 3.44. The largest absolute Gasteiger partial charge is 0.494 e. The number of H-pyrrole nitrogens is 1. The Morgan fingerprint density at radius 3 is 3.18 bits per heavy atom. The van der Waals surface area contributed by atoms with Crippen LogP contribution in [0.3, 0.4) is 0 Å². The van der Waals surface area contributed by atoms with E-state index in [0.29, 0.717) is 6.61 Å². The van der Waals surface area contributed by atoms with Crippen LogP contribution in [-0.2, 0) is 12.8 Å². The number of fused-ring (bicyclic) bond motifs is 3. The van der Waals surface area contributed by atoms with Crippen LogP contribution in [0.15, 0.2) is 18.2 Å². The molecule has 1 aromatic carbocycles. The Balaban J connectivity index is 2.11. The molecular weight excluding hydrogens is 214 g/mol. The molecule has 0 saturated heterocycles. The molecule has 3 rings (SSSR count). The molecule has 1 heterocycles. The summed E-state index contributed by atoms with van der Waals surface area (Å²) in [6.45, 7) is 2.67. The molecule has 1 aromatic heterocycles. The molecule has 3 heteroatoms. The van der Waals surface area contributed by atoms with Crippen molar-refractivity contribution in [2.45, 2.75) is 32.3 Å². The maximum atomic E-state index is 9.76. The van der Waals surface area contributed by atoms with E-state index in [9.17, 15) is 5.11 Å². The third kappa shape index (κ3) is 1.80. The van der Waals surface area contributed by atoms with Gasteiger partial charge in [0.1, 0.15) is 5.75 Å². The number of benzene rings is 1. The van der Waals surface area contributed by atoms with Gasteiger partial charge < -0.3 is 14.8 Å². The van der Waals surface area contributed by atoms with Crippen molar-refractivity contribution in [2.24, 2.45) is 0 Å². The third-order valence-electron chi connectivity index (χ3n) is 3.44. The Labute approximate surface area is 100 Å². The van der Waals surface area contributed by atoms with Crippen LogP contribution in [-0.4, -0.2) is 22.8 Å². The topological polar surface area (TPSA) is 45.2 Å². The van der Waals surface area contributed by atoms with E-state index in [0.717, 1.165) is 30.5 Å². The monoisotopic (exact) mass is 231 g/mol. The summed E-state index contributed by atoms with van der Waals surface area (Å²) >= 11 is 0. The molecule has 0 fully saturated rings. The number of aryl methyl sites for hydroxylation is 1. The molecule has 0 spiro atoms. The first-order chi connectivity index (χ1) is 8.28. The van der Waals surface area contributed by atoms with E-state index in [2.05, 4.69) is 17.1 Å². The standard InChI is InChI=1S/C14H17NO2/c1-2-17-10-4-6-14-12(8-10)11-7-9(16)3-5-13(11)15-14/h4,6,8-9,15-16H,2-3,5,7H2,1H3. The fourth-order valence-corrected chi connectivity index (χ4v) is 2.63. The van der Waals surface area contributed by atoms with Gasteiger partial charge in [-0.3, -0.25) is 0 Å².